The highest BCUT2D eigenvalue weighted by molar-refractivity contribution is 5.14. The van der Waals surface area contributed by atoms with Crippen molar-refractivity contribution >= 4 is 0 Å². The quantitative estimate of drug-likeness (QED) is 0.474. The smallest absolute Gasteiger partial charge is 0.0118 e. The highest BCUT2D eigenvalue weighted by Crippen LogP contribution is 2.54. The first-order valence-corrected chi connectivity index (χ1v) is 7.53. The van der Waals surface area contributed by atoms with Crippen LogP contribution in [-0.2, 0) is 0 Å². The lowest BCUT2D eigenvalue weighted by molar-refractivity contribution is 0.237. The van der Waals surface area contributed by atoms with Crippen molar-refractivity contribution in [2.75, 3.05) is 0 Å². The molecule has 3 aliphatic carbocycles. The molecule has 0 aromatic carbocycles. The van der Waals surface area contributed by atoms with Crippen molar-refractivity contribution in [2.45, 2.75) is 78.1 Å². The van der Waals surface area contributed by atoms with Gasteiger partial charge in [0.25, 0.3) is 0 Å². The summed E-state index contributed by atoms with van der Waals surface area (Å²) in [4.78, 5) is 0. The maximum atomic E-state index is 2.63. The second-order valence-electron chi connectivity index (χ2n) is 5.97. The summed E-state index contributed by atoms with van der Waals surface area (Å²) in [7, 11) is 0. The minimum atomic E-state index is 0.674. The van der Waals surface area contributed by atoms with Crippen LogP contribution in [0.2, 0.25) is 0 Å². The Hall–Kier alpha value is -0.260. The molecular formula is C16H28. The summed E-state index contributed by atoms with van der Waals surface area (Å²) >= 11 is 0. The standard InChI is InChI=1S/C14H22.C2H6/c1-2-6-13(5-1)9-11-14(12-10-13)7-3-4-8-14;1-2/h9,11H,1-8,10,12H2;1-2H3. The van der Waals surface area contributed by atoms with E-state index in [2.05, 4.69) is 12.2 Å². The Morgan fingerprint density at radius 2 is 0.875 bits per heavy atom. The van der Waals surface area contributed by atoms with E-state index in [4.69, 9.17) is 0 Å². The fourth-order valence-electron chi connectivity index (χ4n) is 4.01. The Morgan fingerprint density at radius 1 is 0.562 bits per heavy atom. The highest BCUT2D eigenvalue weighted by Gasteiger charge is 2.40. The zero-order valence-corrected chi connectivity index (χ0v) is 11.2. The van der Waals surface area contributed by atoms with Gasteiger partial charge < -0.3 is 0 Å². The van der Waals surface area contributed by atoms with E-state index < -0.39 is 0 Å². The fourth-order valence-corrected chi connectivity index (χ4v) is 4.01. The SMILES string of the molecule is C1=CC2(CCCC2)CCC12CCCC2.CC. The number of allylic oxidation sites excluding steroid dienone is 2. The molecule has 0 atom stereocenters. The summed E-state index contributed by atoms with van der Waals surface area (Å²) in [5.74, 6) is 0. The molecular weight excluding hydrogens is 192 g/mol. The highest BCUT2D eigenvalue weighted by atomic mass is 14.5. The van der Waals surface area contributed by atoms with E-state index in [9.17, 15) is 0 Å². The van der Waals surface area contributed by atoms with Gasteiger partial charge in [-0.1, -0.05) is 51.7 Å². The van der Waals surface area contributed by atoms with Crippen molar-refractivity contribution in [1.82, 2.24) is 0 Å². The topological polar surface area (TPSA) is 0 Å². The average Bonchev–Trinajstić information content (AvgIpc) is 2.96. The minimum absolute atomic E-state index is 0.674. The van der Waals surface area contributed by atoms with E-state index in [1.807, 2.05) is 13.8 Å². The van der Waals surface area contributed by atoms with Crippen LogP contribution in [0.4, 0.5) is 0 Å². The third kappa shape index (κ3) is 2.21. The van der Waals surface area contributed by atoms with Gasteiger partial charge in [-0.3, -0.25) is 0 Å². The first kappa shape index (κ1) is 12.2. The number of hydrogen-bond acceptors (Lipinski definition) is 0. The van der Waals surface area contributed by atoms with Gasteiger partial charge in [0.2, 0.25) is 0 Å². The predicted octanol–water partition coefficient (Wildman–Crippen LogP) is 5.48. The number of rotatable bonds is 0. The van der Waals surface area contributed by atoms with Crippen LogP contribution in [0.1, 0.15) is 78.1 Å². The maximum absolute atomic E-state index is 2.63. The summed E-state index contributed by atoms with van der Waals surface area (Å²) in [6.45, 7) is 4.00. The lowest BCUT2D eigenvalue weighted by Crippen LogP contribution is -2.25. The molecule has 2 spiro atoms. The predicted molar refractivity (Wildman–Crippen MR) is 71.5 cm³/mol. The number of hydrogen-bond donors (Lipinski definition) is 0. The largest absolute Gasteiger partial charge is 0.0818 e. The van der Waals surface area contributed by atoms with Gasteiger partial charge >= 0.3 is 0 Å². The van der Waals surface area contributed by atoms with Gasteiger partial charge in [0.1, 0.15) is 0 Å². The molecule has 0 aliphatic heterocycles. The molecule has 0 radical (unpaired) electrons. The Bertz CT molecular complexity index is 211. The second-order valence-corrected chi connectivity index (χ2v) is 5.97. The van der Waals surface area contributed by atoms with E-state index >= 15 is 0 Å². The molecule has 0 heterocycles. The van der Waals surface area contributed by atoms with Gasteiger partial charge in [-0.05, 0) is 49.4 Å². The van der Waals surface area contributed by atoms with E-state index in [0.717, 1.165) is 0 Å². The molecule has 2 saturated carbocycles. The van der Waals surface area contributed by atoms with Crippen LogP contribution in [-0.4, -0.2) is 0 Å². The molecule has 16 heavy (non-hydrogen) atoms. The monoisotopic (exact) mass is 220 g/mol. The van der Waals surface area contributed by atoms with Crippen LogP contribution >= 0.6 is 0 Å². The van der Waals surface area contributed by atoms with Crippen LogP contribution in [0.5, 0.6) is 0 Å². The summed E-state index contributed by atoms with van der Waals surface area (Å²) in [5, 5.41) is 0. The third-order valence-electron chi connectivity index (χ3n) is 5.11. The van der Waals surface area contributed by atoms with Crippen molar-refractivity contribution in [1.29, 1.82) is 0 Å². The molecule has 2 fully saturated rings. The van der Waals surface area contributed by atoms with Gasteiger partial charge in [0.15, 0.2) is 0 Å². The zero-order chi connectivity index (χ0) is 11.5. The summed E-state index contributed by atoms with van der Waals surface area (Å²) in [5.41, 5.74) is 1.35. The van der Waals surface area contributed by atoms with Crippen molar-refractivity contribution in [3.63, 3.8) is 0 Å². The zero-order valence-electron chi connectivity index (χ0n) is 11.2. The van der Waals surface area contributed by atoms with E-state index in [1.54, 1.807) is 0 Å². The molecule has 0 saturated heterocycles. The summed E-state index contributed by atoms with van der Waals surface area (Å²) in [6, 6.07) is 0. The first-order chi connectivity index (χ1) is 7.83. The molecule has 3 rings (SSSR count). The molecule has 0 heteroatoms. The molecule has 0 bridgehead atoms. The summed E-state index contributed by atoms with van der Waals surface area (Å²) in [6.07, 6.45) is 20.2. The Labute approximate surface area is 102 Å². The Kier molecular flexibility index (Phi) is 3.77. The average molecular weight is 220 g/mol. The van der Waals surface area contributed by atoms with Gasteiger partial charge in [-0.25, -0.2) is 0 Å². The van der Waals surface area contributed by atoms with Crippen molar-refractivity contribution < 1.29 is 0 Å². The molecule has 92 valence electrons. The van der Waals surface area contributed by atoms with Crippen LogP contribution in [0.15, 0.2) is 12.2 Å². The van der Waals surface area contributed by atoms with Crippen LogP contribution in [0, 0.1) is 10.8 Å². The lowest BCUT2D eigenvalue weighted by atomic mass is 9.67. The summed E-state index contributed by atoms with van der Waals surface area (Å²) < 4.78 is 0. The van der Waals surface area contributed by atoms with Gasteiger partial charge in [-0.2, -0.15) is 0 Å². The van der Waals surface area contributed by atoms with Crippen LogP contribution < -0.4 is 0 Å². The third-order valence-corrected chi connectivity index (χ3v) is 5.11. The molecule has 0 unspecified atom stereocenters. The van der Waals surface area contributed by atoms with Gasteiger partial charge in [-0.15, -0.1) is 0 Å². The Balaban J connectivity index is 0.000000457. The van der Waals surface area contributed by atoms with Gasteiger partial charge in [0, 0.05) is 0 Å². The molecule has 0 aromatic heterocycles. The van der Waals surface area contributed by atoms with E-state index in [-0.39, 0.29) is 0 Å². The van der Waals surface area contributed by atoms with E-state index in [1.165, 1.54) is 64.2 Å². The van der Waals surface area contributed by atoms with Crippen molar-refractivity contribution in [3.8, 4) is 0 Å². The first-order valence-electron chi connectivity index (χ1n) is 7.53. The lowest BCUT2D eigenvalue weighted by Gasteiger charge is -2.37. The minimum Gasteiger partial charge on any atom is -0.0818 e. The fraction of sp³-hybridized carbons (Fsp3) is 0.875. The Morgan fingerprint density at radius 3 is 1.12 bits per heavy atom. The molecule has 0 N–H and O–H groups in total. The normalized spacial score (nSPS) is 29.4. The van der Waals surface area contributed by atoms with Crippen LogP contribution in [0.25, 0.3) is 0 Å². The second kappa shape index (κ2) is 4.94. The molecule has 0 amide bonds. The molecule has 3 aliphatic rings. The molecule has 0 aromatic rings. The van der Waals surface area contributed by atoms with Crippen LogP contribution in [0.3, 0.4) is 0 Å². The maximum Gasteiger partial charge on any atom is -0.0118 e. The van der Waals surface area contributed by atoms with E-state index in [0.29, 0.717) is 10.8 Å². The van der Waals surface area contributed by atoms with Crippen molar-refractivity contribution in [2.24, 2.45) is 10.8 Å². The van der Waals surface area contributed by atoms with Crippen molar-refractivity contribution in [3.05, 3.63) is 12.2 Å². The van der Waals surface area contributed by atoms with Gasteiger partial charge in [0.05, 0.1) is 0 Å². The molecule has 0 nitrogen and oxygen atoms in total.